The SMILES string of the molecule is CCCN(C1CCNC1)S(=O)(=O)c1cnc2onc(CC)c2c1.Cl. The van der Waals surface area contributed by atoms with Crippen LogP contribution < -0.4 is 5.32 Å². The molecule has 1 saturated heterocycles. The van der Waals surface area contributed by atoms with Gasteiger partial charge in [-0.2, -0.15) is 4.31 Å². The summed E-state index contributed by atoms with van der Waals surface area (Å²) >= 11 is 0. The standard InChI is InChI=1S/C15H22N4O3S.ClH/c1-3-7-19(11-5-6-16-9-11)23(20,21)12-8-13-14(4-2)18-22-15(13)17-10-12;/h8,10-11,16H,3-7,9H2,1-2H3;1H. The second-order valence-corrected chi connectivity index (χ2v) is 7.66. The summed E-state index contributed by atoms with van der Waals surface area (Å²) in [5, 5.41) is 7.85. The molecule has 1 aliphatic rings. The Balaban J connectivity index is 0.00000208. The third-order valence-electron chi connectivity index (χ3n) is 4.21. The number of rotatable bonds is 6. The molecule has 1 N–H and O–H groups in total. The fraction of sp³-hybridized carbons (Fsp3) is 0.600. The largest absolute Gasteiger partial charge is 0.336 e. The first kappa shape index (κ1) is 19.1. The van der Waals surface area contributed by atoms with E-state index < -0.39 is 10.0 Å². The van der Waals surface area contributed by atoms with Crippen LogP contribution in [0.2, 0.25) is 0 Å². The summed E-state index contributed by atoms with van der Waals surface area (Å²) < 4.78 is 32.9. The zero-order chi connectivity index (χ0) is 16.4. The van der Waals surface area contributed by atoms with Crippen LogP contribution in [0, 0.1) is 0 Å². The predicted octanol–water partition coefficient (Wildman–Crippen LogP) is 1.97. The second-order valence-electron chi connectivity index (χ2n) is 5.77. The summed E-state index contributed by atoms with van der Waals surface area (Å²) in [6.07, 6.45) is 3.65. The normalized spacial score (nSPS) is 18.2. The van der Waals surface area contributed by atoms with Crippen molar-refractivity contribution in [2.75, 3.05) is 19.6 Å². The van der Waals surface area contributed by atoms with Crippen LogP contribution >= 0.6 is 12.4 Å². The van der Waals surface area contributed by atoms with Gasteiger partial charge in [0.1, 0.15) is 4.90 Å². The molecule has 0 amide bonds. The molecule has 1 aliphatic heterocycles. The van der Waals surface area contributed by atoms with E-state index in [1.54, 1.807) is 10.4 Å². The highest BCUT2D eigenvalue weighted by molar-refractivity contribution is 7.89. The zero-order valence-corrected chi connectivity index (χ0v) is 15.5. The minimum Gasteiger partial charge on any atom is -0.336 e. The number of nitrogens with one attached hydrogen (secondary N) is 1. The number of hydrogen-bond acceptors (Lipinski definition) is 6. The van der Waals surface area contributed by atoms with Gasteiger partial charge in [-0.25, -0.2) is 13.4 Å². The van der Waals surface area contributed by atoms with Crippen molar-refractivity contribution in [2.45, 2.75) is 44.0 Å². The van der Waals surface area contributed by atoms with E-state index in [1.165, 1.54) is 6.20 Å². The van der Waals surface area contributed by atoms with Gasteiger partial charge >= 0.3 is 0 Å². The third kappa shape index (κ3) is 3.42. The fourth-order valence-corrected chi connectivity index (χ4v) is 4.71. The Morgan fingerprint density at radius 3 is 2.83 bits per heavy atom. The Hall–Kier alpha value is -1.22. The average molecular weight is 375 g/mol. The Kier molecular flexibility index (Phi) is 6.19. The van der Waals surface area contributed by atoms with Crippen LogP contribution in [0.5, 0.6) is 0 Å². The lowest BCUT2D eigenvalue weighted by Gasteiger charge is -2.27. The zero-order valence-electron chi connectivity index (χ0n) is 13.9. The van der Waals surface area contributed by atoms with Crippen LogP contribution in [-0.4, -0.2) is 48.5 Å². The van der Waals surface area contributed by atoms with Crippen LogP contribution in [0.4, 0.5) is 0 Å². The van der Waals surface area contributed by atoms with E-state index in [4.69, 9.17) is 4.52 Å². The van der Waals surface area contributed by atoms with E-state index in [0.717, 1.165) is 25.1 Å². The number of nitrogens with zero attached hydrogens (tertiary/aromatic N) is 3. The van der Waals surface area contributed by atoms with E-state index >= 15 is 0 Å². The number of hydrogen-bond donors (Lipinski definition) is 1. The molecule has 3 rings (SSSR count). The quantitative estimate of drug-likeness (QED) is 0.831. The molecule has 1 unspecified atom stereocenters. The molecule has 134 valence electrons. The van der Waals surface area contributed by atoms with Crippen molar-refractivity contribution in [3.05, 3.63) is 18.0 Å². The number of aromatic nitrogens is 2. The second kappa shape index (κ2) is 7.77. The van der Waals surface area contributed by atoms with E-state index in [1.807, 2.05) is 13.8 Å². The highest BCUT2D eigenvalue weighted by Gasteiger charge is 2.33. The summed E-state index contributed by atoms with van der Waals surface area (Å²) in [5.41, 5.74) is 1.11. The lowest BCUT2D eigenvalue weighted by molar-refractivity contribution is 0.335. The number of pyridine rings is 1. The maximum atomic E-state index is 13.1. The van der Waals surface area contributed by atoms with Crippen molar-refractivity contribution < 1.29 is 12.9 Å². The van der Waals surface area contributed by atoms with Gasteiger partial charge in [0.2, 0.25) is 10.0 Å². The molecule has 0 bridgehead atoms. The molecule has 7 nitrogen and oxygen atoms in total. The lowest BCUT2D eigenvalue weighted by Crippen LogP contribution is -2.42. The van der Waals surface area contributed by atoms with Gasteiger partial charge in [-0.05, 0) is 31.9 Å². The van der Waals surface area contributed by atoms with Gasteiger partial charge in [0, 0.05) is 19.1 Å². The molecule has 1 fully saturated rings. The minimum absolute atomic E-state index is 0. The maximum absolute atomic E-state index is 13.1. The van der Waals surface area contributed by atoms with E-state index in [9.17, 15) is 8.42 Å². The highest BCUT2D eigenvalue weighted by Crippen LogP contribution is 2.25. The van der Waals surface area contributed by atoms with E-state index in [0.29, 0.717) is 30.6 Å². The smallest absolute Gasteiger partial charge is 0.258 e. The molecule has 0 radical (unpaired) electrons. The van der Waals surface area contributed by atoms with Gasteiger partial charge in [-0.3, -0.25) is 0 Å². The molecule has 0 aromatic carbocycles. The summed E-state index contributed by atoms with van der Waals surface area (Å²) in [4.78, 5) is 4.35. The fourth-order valence-electron chi connectivity index (χ4n) is 3.00. The monoisotopic (exact) mass is 374 g/mol. The van der Waals surface area contributed by atoms with E-state index in [2.05, 4.69) is 15.5 Å². The predicted molar refractivity (Wildman–Crippen MR) is 93.9 cm³/mol. The molecule has 24 heavy (non-hydrogen) atoms. The van der Waals surface area contributed by atoms with Crippen molar-refractivity contribution in [3.63, 3.8) is 0 Å². The van der Waals surface area contributed by atoms with Crippen molar-refractivity contribution in [2.24, 2.45) is 0 Å². The van der Waals surface area contributed by atoms with Gasteiger partial charge in [-0.1, -0.05) is 19.0 Å². The van der Waals surface area contributed by atoms with Gasteiger partial charge in [0.25, 0.3) is 5.71 Å². The molecule has 0 aliphatic carbocycles. The molecule has 0 spiro atoms. The highest BCUT2D eigenvalue weighted by atomic mass is 35.5. The topological polar surface area (TPSA) is 88.3 Å². The maximum Gasteiger partial charge on any atom is 0.258 e. The number of aryl methyl sites for hydroxylation is 1. The molecular formula is C15H23ClN4O3S. The summed E-state index contributed by atoms with van der Waals surface area (Å²) in [5.74, 6) is 0. The van der Waals surface area contributed by atoms with Crippen molar-refractivity contribution in [1.82, 2.24) is 19.8 Å². The van der Waals surface area contributed by atoms with Gasteiger partial charge in [0.15, 0.2) is 0 Å². The molecule has 2 aromatic heterocycles. The minimum atomic E-state index is -3.58. The lowest BCUT2D eigenvalue weighted by atomic mass is 10.2. The van der Waals surface area contributed by atoms with Crippen LogP contribution in [0.3, 0.4) is 0 Å². The third-order valence-corrected chi connectivity index (χ3v) is 6.12. The van der Waals surface area contributed by atoms with Crippen LogP contribution in [0.25, 0.3) is 11.1 Å². The van der Waals surface area contributed by atoms with Crippen molar-refractivity contribution in [3.8, 4) is 0 Å². The van der Waals surface area contributed by atoms with Crippen LogP contribution in [0.15, 0.2) is 21.7 Å². The van der Waals surface area contributed by atoms with Crippen molar-refractivity contribution >= 4 is 33.5 Å². The Bertz CT molecular complexity index is 787. The van der Waals surface area contributed by atoms with E-state index in [-0.39, 0.29) is 23.3 Å². The van der Waals surface area contributed by atoms with Crippen molar-refractivity contribution in [1.29, 1.82) is 0 Å². The number of fused-ring (bicyclic) bond motifs is 1. The first-order chi connectivity index (χ1) is 11.1. The molecular weight excluding hydrogens is 352 g/mol. The number of sulfonamides is 1. The Labute approximate surface area is 148 Å². The summed E-state index contributed by atoms with van der Waals surface area (Å²) in [6.45, 7) is 6.00. The average Bonchev–Trinajstić information content (AvgIpc) is 3.20. The number of halogens is 1. The Morgan fingerprint density at radius 1 is 1.42 bits per heavy atom. The Morgan fingerprint density at radius 2 is 2.21 bits per heavy atom. The van der Waals surface area contributed by atoms with Gasteiger partial charge in [0.05, 0.1) is 17.3 Å². The molecule has 9 heteroatoms. The summed E-state index contributed by atoms with van der Waals surface area (Å²) in [6, 6.07) is 1.64. The van der Waals surface area contributed by atoms with Crippen LogP contribution in [0.1, 0.15) is 32.4 Å². The molecule has 3 heterocycles. The molecule has 2 aromatic rings. The molecule has 1 atom stereocenters. The first-order valence-corrected chi connectivity index (χ1v) is 9.48. The first-order valence-electron chi connectivity index (χ1n) is 8.04. The molecule has 0 saturated carbocycles. The van der Waals surface area contributed by atoms with Gasteiger partial charge < -0.3 is 9.84 Å². The van der Waals surface area contributed by atoms with Gasteiger partial charge in [-0.15, -0.1) is 12.4 Å². The summed E-state index contributed by atoms with van der Waals surface area (Å²) in [7, 11) is -3.58. The van der Waals surface area contributed by atoms with Crippen LogP contribution in [-0.2, 0) is 16.4 Å².